The van der Waals surface area contributed by atoms with Crippen LogP contribution in [0.2, 0.25) is 0 Å². The van der Waals surface area contributed by atoms with Crippen molar-refractivity contribution >= 4 is 11.5 Å². The number of aromatic nitrogens is 4. The molecule has 2 aromatic rings. The number of rotatable bonds is 4. The zero-order chi connectivity index (χ0) is 12.7. The molecule has 6 nitrogen and oxygen atoms in total. The molecule has 1 saturated carbocycles. The van der Waals surface area contributed by atoms with Crippen LogP contribution >= 0.6 is 0 Å². The summed E-state index contributed by atoms with van der Waals surface area (Å²) < 4.78 is 1.96. The number of fused-ring (bicyclic) bond motifs is 1. The molecule has 1 fully saturated rings. The monoisotopic (exact) mass is 246 g/mol. The van der Waals surface area contributed by atoms with Gasteiger partial charge < -0.3 is 10.6 Å². The molecule has 96 valence electrons. The van der Waals surface area contributed by atoms with Crippen LogP contribution < -0.4 is 10.6 Å². The Kier molecular flexibility index (Phi) is 2.66. The maximum atomic E-state index is 5.89. The highest BCUT2D eigenvalue weighted by molar-refractivity contribution is 5.64. The molecule has 1 atom stereocenters. The fraction of sp³-hybridized carbons (Fsp3) is 0.583. The molecule has 6 heteroatoms. The Hall–Kier alpha value is -1.69. The normalized spacial score (nSPS) is 17.1. The summed E-state index contributed by atoms with van der Waals surface area (Å²) in [5.74, 6) is 2.43. The quantitative estimate of drug-likeness (QED) is 0.855. The van der Waals surface area contributed by atoms with E-state index >= 15 is 0 Å². The third-order valence-corrected chi connectivity index (χ3v) is 3.72. The summed E-state index contributed by atoms with van der Waals surface area (Å²) in [7, 11) is 2.04. The Balaban J connectivity index is 2.02. The van der Waals surface area contributed by atoms with Crippen LogP contribution in [-0.2, 0) is 0 Å². The van der Waals surface area contributed by atoms with Gasteiger partial charge in [-0.25, -0.2) is 4.98 Å². The molecule has 0 amide bonds. The molecular weight excluding hydrogens is 228 g/mol. The molecule has 1 aliphatic rings. The van der Waals surface area contributed by atoms with Gasteiger partial charge in [-0.2, -0.15) is 0 Å². The number of hydrogen-bond donors (Lipinski definition) is 1. The lowest BCUT2D eigenvalue weighted by molar-refractivity contribution is 0.566. The van der Waals surface area contributed by atoms with E-state index in [4.69, 9.17) is 5.73 Å². The summed E-state index contributed by atoms with van der Waals surface area (Å²) in [6.07, 6.45) is 6.20. The third kappa shape index (κ3) is 1.73. The van der Waals surface area contributed by atoms with Crippen molar-refractivity contribution in [1.29, 1.82) is 0 Å². The van der Waals surface area contributed by atoms with Gasteiger partial charge in [0.15, 0.2) is 5.82 Å². The van der Waals surface area contributed by atoms with Gasteiger partial charge in [-0.3, -0.25) is 4.40 Å². The van der Waals surface area contributed by atoms with Crippen molar-refractivity contribution in [3.63, 3.8) is 0 Å². The largest absolute Gasteiger partial charge is 0.352 e. The van der Waals surface area contributed by atoms with E-state index < -0.39 is 0 Å². The molecule has 0 bridgehead atoms. The van der Waals surface area contributed by atoms with Crippen molar-refractivity contribution in [3.05, 3.63) is 18.2 Å². The number of anilines is 1. The van der Waals surface area contributed by atoms with E-state index in [0.29, 0.717) is 18.5 Å². The second-order valence-electron chi connectivity index (χ2n) is 4.94. The molecule has 0 aliphatic heterocycles. The van der Waals surface area contributed by atoms with Crippen LogP contribution in [-0.4, -0.2) is 39.2 Å². The average molecular weight is 246 g/mol. The Labute approximate surface area is 106 Å². The minimum Gasteiger partial charge on any atom is -0.352 e. The lowest BCUT2D eigenvalue weighted by atomic mass is 10.1. The molecule has 0 saturated heterocycles. The first-order valence-electron chi connectivity index (χ1n) is 6.31. The molecule has 18 heavy (non-hydrogen) atoms. The molecule has 0 radical (unpaired) electrons. The Morgan fingerprint density at radius 2 is 2.28 bits per heavy atom. The molecule has 2 aromatic heterocycles. The maximum Gasteiger partial charge on any atom is 0.203 e. The van der Waals surface area contributed by atoms with Crippen molar-refractivity contribution in [1.82, 2.24) is 19.6 Å². The highest BCUT2D eigenvalue weighted by atomic mass is 15.3. The molecule has 3 rings (SSSR count). The Morgan fingerprint density at radius 1 is 1.50 bits per heavy atom. The molecule has 0 aromatic carbocycles. The molecular formula is C12H18N6. The topological polar surface area (TPSA) is 72.3 Å². The van der Waals surface area contributed by atoms with E-state index in [1.165, 1.54) is 12.8 Å². The van der Waals surface area contributed by atoms with Gasteiger partial charge in [-0.1, -0.05) is 0 Å². The third-order valence-electron chi connectivity index (χ3n) is 3.72. The van der Waals surface area contributed by atoms with E-state index in [9.17, 15) is 0 Å². The van der Waals surface area contributed by atoms with E-state index in [2.05, 4.69) is 20.1 Å². The molecule has 0 spiro atoms. The first kappa shape index (κ1) is 11.4. The van der Waals surface area contributed by atoms with Gasteiger partial charge >= 0.3 is 0 Å². The first-order valence-corrected chi connectivity index (χ1v) is 6.31. The van der Waals surface area contributed by atoms with Crippen LogP contribution in [0.3, 0.4) is 0 Å². The molecule has 1 unspecified atom stereocenters. The van der Waals surface area contributed by atoms with Crippen molar-refractivity contribution in [2.24, 2.45) is 11.7 Å². The lowest BCUT2D eigenvalue weighted by Gasteiger charge is -2.28. The van der Waals surface area contributed by atoms with Gasteiger partial charge in [-0.15, -0.1) is 10.2 Å². The lowest BCUT2D eigenvalue weighted by Crippen LogP contribution is -2.40. The SMILES string of the molecule is Cc1nnc2c(N(C)C(CN)C3CC3)nccn12. The maximum absolute atomic E-state index is 5.89. The minimum atomic E-state index is 0.348. The van der Waals surface area contributed by atoms with Gasteiger partial charge in [0.25, 0.3) is 0 Å². The molecule has 1 aliphatic carbocycles. The van der Waals surface area contributed by atoms with Crippen LogP contribution in [0.25, 0.3) is 5.65 Å². The van der Waals surface area contributed by atoms with E-state index in [1.54, 1.807) is 6.20 Å². The summed E-state index contributed by atoms with van der Waals surface area (Å²) in [4.78, 5) is 6.60. The summed E-state index contributed by atoms with van der Waals surface area (Å²) in [6, 6.07) is 0.348. The standard InChI is InChI=1S/C12H18N6/c1-8-15-16-12-11(14-5-6-18(8)12)17(2)10(7-13)9-3-4-9/h5-6,9-10H,3-4,7,13H2,1-2H3. The number of nitrogens with two attached hydrogens (primary N) is 1. The predicted octanol–water partition coefficient (Wildman–Crippen LogP) is 0.606. The van der Waals surface area contributed by atoms with E-state index in [0.717, 1.165) is 17.3 Å². The van der Waals surface area contributed by atoms with E-state index in [-0.39, 0.29) is 0 Å². The highest BCUT2D eigenvalue weighted by Crippen LogP contribution is 2.36. The molecule has 2 heterocycles. The minimum absolute atomic E-state index is 0.348. The van der Waals surface area contributed by atoms with Crippen LogP contribution in [0.4, 0.5) is 5.82 Å². The summed E-state index contributed by atoms with van der Waals surface area (Å²) in [5, 5.41) is 8.30. The smallest absolute Gasteiger partial charge is 0.203 e. The first-order chi connectivity index (χ1) is 8.72. The number of aryl methyl sites for hydroxylation is 1. The van der Waals surface area contributed by atoms with Crippen LogP contribution in [0, 0.1) is 12.8 Å². The average Bonchev–Trinajstić information content (AvgIpc) is 3.14. The van der Waals surface area contributed by atoms with Gasteiger partial charge in [0.2, 0.25) is 5.65 Å². The number of likely N-dealkylation sites (N-methyl/N-ethyl adjacent to an activating group) is 1. The van der Waals surface area contributed by atoms with Crippen LogP contribution in [0.15, 0.2) is 12.4 Å². The van der Waals surface area contributed by atoms with Gasteiger partial charge in [0.1, 0.15) is 5.82 Å². The summed E-state index contributed by atoms with van der Waals surface area (Å²) >= 11 is 0. The number of hydrogen-bond acceptors (Lipinski definition) is 5. The molecule has 2 N–H and O–H groups in total. The Bertz CT molecular complexity index is 559. The summed E-state index contributed by atoms with van der Waals surface area (Å²) in [6.45, 7) is 2.59. The van der Waals surface area contributed by atoms with Gasteiger partial charge in [-0.05, 0) is 25.7 Å². The second kappa shape index (κ2) is 4.20. The van der Waals surface area contributed by atoms with Gasteiger partial charge in [0.05, 0.1) is 0 Å². The Morgan fingerprint density at radius 3 is 2.94 bits per heavy atom. The zero-order valence-electron chi connectivity index (χ0n) is 10.7. The zero-order valence-corrected chi connectivity index (χ0v) is 10.7. The van der Waals surface area contributed by atoms with Crippen LogP contribution in [0.5, 0.6) is 0 Å². The summed E-state index contributed by atoms with van der Waals surface area (Å²) in [5.41, 5.74) is 6.69. The van der Waals surface area contributed by atoms with Crippen molar-refractivity contribution in [2.75, 3.05) is 18.5 Å². The van der Waals surface area contributed by atoms with E-state index in [1.807, 2.05) is 24.6 Å². The second-order valence-corrected chi connectivity index (χ2v) is 4.94. The fourth-order valence-electron chi connectivity index (χ4n) is 2.48. The fourth-order valence-corrected chi connectivity index (χ4v) is 2.48. The highest BCUT2D eigenvalue weighted by Gasteiger charge is 2.34. The van der Waals surface area contributed by atoms with Gasteiger partial charge in [0, 0.05) is 32.0 Å². The van der Waals surface area contributed by atoms with Crippen molar-refractivity contribution in [2.45, 2.75) is 25.8 Å². The van der Waals surface area contributed by atoms with Crippen molar-refractivity contribution < 1.29 is 0 Å². The predicted molar refractivity (Wildman–Crippen MR) is 69.5 cm³/mol. The number of nitrogens with zero attached hydrogens (tertiary/aromatic N) is 5. The van der Waals surface area contributed by atoms with Crippen molar-refractivity contribution in [3.8, 4) is 0 Å². The van der Waals surface area contributed by atoms with Crippen LogP contribution in [0.1, 0.15) is 18.7 Å².